The average Bonchev–Trinajstić information content (AvgIpc) is 2.99. The molecule has 3 aromatic rings. The molecule has 1 heterocycles. The Balaban J connectivity index is 1.68. The van der Waals surface area contributed by atoms with Crippen molar-refractivity contribution in [3.63, 3.8) is 0 Å². The van der Waals surface area contributed by atoms with Crippen LogP contribution in [-0.2, 0) is 9.59 Å². The molecular weight excluding hydrogens is 448 g/mol. The van der Waals surface area contributed by atoms with E-state index in [1.165, 1.54) is 0 Å². The SMILES string of the molecule is COc1ccc([C@H]2C3=C(C[C@@H](c4ccc(Cl)cc4)CC3=O)Nc3ccccc3N2C(C)=O)cc1. The summed E-state index contributed by atoms with van der Waals surface area (Å²) in [5.74, 6) is 0.658. The number of methoxy groups -OCH3 is 1. The molecule has 0 saturated heterocycles. The van der Waals surface area contributed by atoms with Crippen LogP contribution in [0.15, 0.2) is 84.1 Å². The van der Waals surface area contributed by atoms with Gasteiger partial charge < -0.3 is 10.1 Å². The summed E-state index contributed by atoms with van der Waals surface area (Å²) in [5, 5.41) is 4.19. The molecular formula is C28H25ClN2O3. The summed E-state index contributed by atoms with van der Waals surface area (Å²) in [6, 6.07) is 22.4. The average molecular weight is 473 g/mol. The molecule has 0 fully saturated rings. The summed E-state index contributed by atoms with van der Waals surface area (Å²) in [5.41, 5.74) is 5.00. The van der Waals surface area contributed by atoms with Crippen molar-refractivity contribution >= 4 is 34.7 Å². The molecule has 0 spiro atoms. The van der Waals surface area contributed by atoms with Crippen LogP contribution in [-0.4, -0.2) is 18.8 Å². The van der Waals surface area contributed by atoms with Gasteiger partial charge in [0.1, 0.15) is 5.75 Å². The van der Waals surface area contributed by atoms with E-state index in [2.05, 4.69) is 5.32 Å². The number of hydrogen-bond donors (Lipinski definition) is 1. The Morgan fingerprint density at radius 2 is 1.65 bits per heavy atom. The largest absolute Gasteiger partial charge is 0.497 e. The van der Waals surface area contributed by atoms with E-state index in [9.17, 15) is 9.59 Å². The van der Waals surface area contributed by atoms with Gasteiger partial charge in [-0.1, -0.05) is 48.0 Å². The molecule has 2 aliphatic rings. The van der Waals surface area contributed by atoms with E-state index in [0.29, 0.717) is 23.4 Å². The summed E-state index contributed by atoms with van der Waals surface area (Å²) in [4.78, 5) is 28.5. The third kappa shape index (κ3) is 3.97. The minimum absolute atomic E-state index is 0.0311. The van der Waals surface area contributed by atoms with Crippen molar-refractivity contribution in [3.05, 3.63) is 100 Å². The minimum Gasteiger partial charge on any atom is -0.497 e. The van der Waals surface area contributed by atoms with Crippen LogP contribution >= 0.6 is 11.6 Å². The first-order valence-corrected chi connectivity index (χ1v) is 11.7. The maximum Gasteiger partial charge on any atom is 0.224 e. The zero-order chi connectivity index (χ0) is 23.8. The van der Waals surface area contributed by atoms with Crippen LogP contribution < -0.4 is 15.0 Å². The van der Waals surface area contributed by atoms with E-state index in [4.69, 9.17) is 16.3 Å². The van der Waals surface area contributed by atoms with Crippen molar-refractivity contribution in [1.82, 2.24) is 0 Å². The van der Waals surface area contributed by atoms with Gasteiger partial charge in [0.05, 0.1) is 24.5 Å². The number of hydrogen-bond acceptors (Lipinski definition) is 4. The van der Waals surface area contributed by atoms with Gasteiger partial charge in [-0.05, 0) is 59.9 Å². The Bertz CT molecular complexity index is 1280. The lowest BCUT2D eigenvalue weighted by Crippen LogP contribution is -2.37. The number of amides is 1. The van der Waals surface area contributed by atoms with Crippen molar-refractivity contribution in [1.29, 1.82) is 0 Å². The van der Waals surface area contributed by atoms with Crippen molar-refractivity contribution in [3.8, 4) is 5.75 Å². The Morgan fingerprint density at radius 1 is 0.971 bits per heavy atom. The fourth-order valence-electron chi connectivity index (χ4n) is 5.01. The lowest BCUT2D eigenvalue weighted by atomic mass is 9.78. The summed E-state index contributed by atoms with van der Waals surface area (Å²) in [6.45, 7) is 1.54. The van der Waals surface area contributed by atoms with E-state index < -0.39 is 6.04 Å². The second kappa shape index (κ2) is 8.99. The lowest BCUT2D eigenvalue weighted by Gasteiger charge is -2.34. The minimum atomic E-state index is -0.534. The molecule has 3 aromatic carbocycles. The number of benzene rings is 3. The lowest BCUT2D eigenvalue weighted by molar-refractivity contribution is -0.117. The highest BCUT2D eigenvalue weighted by Gasteiger charge is 2.40. The van der Waals surface area contributed by atoms with Gasteiger partial charge in [0, 0.05) is 29.6 Å². The predicted octanol–water partition coefficient (Wildman–Crippen LogP) is 6.27. The Kier molecular flexibility index (Phi) is 5.88. The van der Waals surface area contributed by atoms with E-state index >= 15 is 0 Å². The summed E-state index contributed by atoms with van der Waals surface area (Å²) in [7, 11) is 1.62. The van der Waals surface area contributed by atoms with E-state index in [1.54, 1.807) is 18.9 Å². The van der Waals surface area contributed by atoms with Gasteiger partial charge in [-0.25, -0.2) is 0 Å². The Hall–Kier alpha value is -3.57. The van der Waals surface area contributed by atoms with Gasteiger partial charge in [-0.15, -0.1) is 0 Å². The number of nitrogens with zero attached hydrogens (tertiary/aromatic N) is 1. The molecule has 1 N–H and O–H groups in total. The molecule has 5 nitrogen and oxygen atoms in total. The molecule has 34 heavy (non-hydrogen) atoms. The van der Waals surface area contributed by atoms with Crippen LogP contribution in [0.5, 0.6) is 5.75 Å². The number of Topliss-reactive ketones (excluding diaryl/α,β-unsaturated/α-hetero) is 1. The van der Waals surface area contributed by atoms with Crippen molar-refractivity contribution in [2.45, 2.75) is 31.7 Å². The third-order valence-corrected chi connectivity index (χ3v) is 6.85. The Labute approximate surface area is 204 Å². The molecule has 1 amide bonds. The van der Waals surface area contributed by atoms with Gasteiger partial charge in [-0.2, -0.15) is 0 Å². The van der Waals surface area contributed by atoms with Crippen LogP contribution in [0, 0.1) is 0 Å². The zero-order valence-corrected chi connectivity index (χ0v) is 19.8. The summed E-state index contributed by atoms with van der Waals surface area (Å²) in [6.07, 6.45) is 1.03. The highest BCUT2D eigenvalue weighted by Crippen LogP contribution is 2.47. The number of fused-ring (bicyclic) bond motifs is 1. The first kappa shape index (κ1) is 22.2. The highest BCUT2D eigenvalue weighted by atomic mass is 35.5. The van der Waals surface area contributed by atoms with Crippen LogP contribution in [0.1, 0.15) is 42.9 Å². The number of ketones is 1. The first-order chi connectivity index (χ1) is 16.5. The standard InChI is InChI=1S/C28H25ClN2O3/c1-17(32)31-25-6-4-3-5-23(25)30-24-15-20(18-7-11-21(29)12-8-18)16-26(33)27(24)28(31)19-9-13-22(34-2)14-10-19/h3-14,20,28,30H,15-16H2,1-2H3/t20-,28+/m1/s1. The van der Waals surface area contributed by atoms with E-state index in [0.717, 1.165) is 33.9 Å². The van der Waals surface area contributed by atoms with E-state index in [-0.39, 0.29) is 17.6 Å². The van der Waals surface area contributed by atoms with Gasteiger partial charge >= 0.3 is 0 Å². The van der Waals surface area contributed by atoms with Crippen LogP contribution in [0.2, 0.25) is 5.02 Å². The first-order valence-electron chi connectivity index (χ1n) is 11.3. The molecule has 0 saturated carbocycles. The molecule has 1 aliphatic carbocycles. The maximum atomic E-state index is 13.8. The number of rotatable bonds is 3. The monoisotopic (exact) mass is 472 g/mol. The number of allylic oxidation sites excluding steroid dienone is 1. The normalized spacial score (nSPS) is 19.6. The van der Waals surface area contributed by atoms with Gasteiger partial charge in [0.2, 0.25) is 5.91 Å². The zero-order valence-electron chi connectivity index (χ0n) is 19.0. The fourth-order valence-corrected chi connectivity index (χ4v) is 5.14. The molecule has 0 unspecified atom stereocenters. The number of halogens is 1. The molecule has 1 aliphatic heterocycles. The smallest absolute Gasteiger partial charge is 0.224 e. The third-order valence-electron chi connectivity index (χ3n) is 6.60. The molecule has 0 aromatic heterocycles. The van der Waals surface area contributed by atoms with Crippen molar-refractivity contribution < 1.29 is 14.3 Å². The maximum absolute atomic E-state index is 13.8. The molecule has 5 rings (SSSR count). The molecule has 2 atom stereocenters. The number of ether oxygens (including phenoxy) is 1. The van der Waals surface area contributed by atoms with Crippen LogP contribution in [0.4, 0.5) is 11.4 Å². The topological polar surface area (TPSA) is 58.6 Å². The van der Waals surface area contributed by atoms with Crippen LogP contribution in [0.3, 0.4) is 0 Å². The summed E-state index contributed by atoms with van der Waals surface area (Å²) < 4.78 is 5.33. The number of nitrogens with one attached hydrogen (secondary N) is 1. The molecule has 0 radical (unpaired) electrons. The molecule has 0 bridgehead atoms. The number of para-hydroxylation sites is 2. The number of anilines is 2. The second-order valence-corrected chi connectivity index (χ2v) is 9.12. The second-order valence-electron chi connectivity index (χ2n) is 8.68. The van der Waals surface area contributed by atoms with Gasteiger partial charge in [0.15, 0.2) is 5.78 Å². The van der Waals surface area contributed by atoms with Crippen molar-refractivity contribution in [2.75, 3.05) is 17.3 Å². The van der Waals surface area contributed by atoms with Gasteiger partial charge in [0.25, 0.3) is 0 Å². The van der Waals surface area contributed by atoms with E-state index in [1.807, 2.05) is 72.8 Å². The van der Waals surface area contributed by atoms with Gasteiger partial charge in [-0.3, -0.25) is 14.5 Å². The molecule has 6 heteroatoms. The number of carbonyl (C=O) groups is 2. The Morgan fingerprint density at radius 3 is 2.32 bits per heavy atom. The van der Waals surface area contributed by atoms with Crippen molar-refractivity contribution in [2.24, 2.45) is 0 Å². The fraction of sp³-hybridized carbons (Fsp3) is 0.214. The highest BCUT2D eigenvalue weighted by molar-refractivity contribution is 6.30. The van der Waals surface area contributed by atoms with Crippen LogP contribution in [0.25, 0.3) is 0 Å². The predicted molar refractivity (Wildman–Crippen MR) is 134 cm³/mol. The molecule has 172 valence electrons. The number of carbonyl (C=O) groups excluding carboxylic acids is 2. The summed E-state index contributed by atoms with van der Waals surface area (Å²) >= 11 is 6.09. The quantitative estimate of drug-likeness (QED) is 0.488.